The van der Waals surface area contributed by atoms with Gasteiger partial charge in [-0.1, -0.05) is 6.07 Å². The minimum absolute atomic E-state index is 0.190. The average Bonchev–Trinajstić information content (AvgIpc) is 3.24. The number of anilines is 2. The van der Waals surface area contributed by atoms with Gasteiger partial charge in [-0.2, -0.15) is 0 Å². The van der Waals surface area contributed by atoms with E-state index in [1.165, 1.54) is 17.4 Å². The smallest absolute Gasteiger partial charge is 0.148 e. The molecule has 0 aliphatic carbocycles. The summed E-state index contributed by atoms with van der Waals surface area (Å²) in [7, 11) is 0. The largest absolute Gasteiger partial charge is 0.379 e. The zero-order valence-electron chi connectivity index (χ0n) is 16.0. The quantitative estimate of drug-likeness (QED) is 0.570. The first-order valence-corrected chi connectivity index (χ1v) is 10.9. The topological polar surface area (TPSA) is 51.6 Å². The minimum atomic E-state index is -0.190. The fourth-order valence-corrected chi connectivity index (χ4v) is 4.64. The SMILES string of the molecule is N=C(Nc1cc(F)c2c(c1)CCCN2CCCN1CCOCC1)c1cccs1. The summed E-state index contributed by atoms with van der Waals surface area (Å²) in [5, 5.41) is 13.2. The fraction of sp³-hybridized carbons (Fsp3) is 0.476. The Bertz CT molecular complexity index is 805. The molecular weight excluding hydrogens is 375 g/mol. The van der Waals surface area contributed by atoms with Crippen LogP contribution in [0.25, 0.3) is 0 Å². The number of nitrogens with zero attached hydrogens (tertiary/aromatic N) is 2. The van der Waals surface area contributed by atoms with Gasteiger partial charge in [-0.15, -0.1) is 11.3 Å². The molecule has 0 atom stereocenters. The van der Waals surface area contributed by atoms with Crippen LogP contribution in [0.5, 0.6) is 0 Å². The molecule has 3 heterocycles. The Labute approximate surface area is 169 Å². The average molecular weight is 403 g/mol. The highest BCUT2D eigenvalue weighted by Crippen LogP contribution is 2.33. The number of amidine groups is 1. The highest BCUT2D eigenvalue weighted by Gasteiger charge is 2.22. The van der Waals surface area contributed by atoms with E-state index < -0.39 is 0 Å². The standard InChI is InChI=1S/C21H27FN4OS/c22-18-15-17(24-21(23)19-5-2-13-28-19)14-16-4-1-7-26(20(16)18)8-3-6-25-9-11-27-12-10-25/h2,5,13-15H,1,3-4,6-12H2,(H2,23,24). The Balaban J connectivity index is 1.41. The molecule has 5 nitrogen and oxygen atoms in total. The summed E-state index contributed by atoms with van der Waals surface area (Å²) in [4.78, 5) is 5.47. The Kier molecular flexibility index (Phi) is 6.24. The molecule has 1 saturated heterocycles. The summed E-state index contributed by atoms with van der Waals surface area (Å²) >= 11 is 1.50. The molecule has 2 aliphatic rings. The van der Waals surface area contributed by atoms with Gasteiger partial charge >= 0.3 is 0 Å². The van der Waals surface area contributed by atoms with Gasteiger partial charge in [0, 0.05) is 38.4 Å². The predicted molar refractivity (Wildman–Crippen MR) is 114 cm³/mol. The first kappa shape index (κ1) is 19.4. The number of benzene rings is 1. The van der Waals surface area contributed by atoms with Crippen LogP contribution in [0.1, 0.15) is 23.3 Å². The van der Waals surface area contributed by atoms with Gasteiger partial charge in [-0.25, -0.2) is 4.39 Å². The number of fused-ring (bicyclic) bond motifs is 1. The van der Waals surface area contributed by atoms with Gasteiger partial charge in [0.2, 0.25) is 0 Å². The number of rotatable bonds is 6. The van der Waals surface area contributed by atoms with Crippen molar-refractivity contribution in [2.24, 2.45) is 0 Å². The lowest BCUT2D eigenvalue weighted by atomic mass is 10.00. The summed E-state index contributed by atoms with van der Waals surface area (Å²) in [6, 6.07) is 7.35. The highest BCUT2D eigenvalue weighted by molar-refractivity contribution is 7.12. The van der Waals surface area contributed by atoms with Crippen molar-refractivity contribution in [3.8, 4) is 0 Å². The Morgan fingerprint density at radius 1 is 1.21 bits per heavy atom. The van der Waals surface area contributed by atoms with Crippen molar-refractivity contribution in [3.63, 3.8) is 0 Å². The van der Waals surface area contributed by atoms with Crippen LogP contribution in [0, 0.1) is 11.2 Å². The van der Waals surface area contributed by atoms with Gasteiger partial charge in [-0.05, 0) is 48.4 Å². The Morgan fingerprint density at radius 2 is 2.07 bits per heavy atom. The zero-order valence-corrected chi connectivity index (χ0v) is 16.9. The lowest BCUT2D eigenvalue weighted by Crippen LogP contribution is -2.39. The van der Waals surface area contributed by atoms with E-state index in [1.54, 1.807) is 0 Å². The van der Waals surface area contributed by atoms with Crippen LogP contribution >= 0.6 is 11.3 Å². The van der Waals surface area contributed by atoms with Crippen molar-refractivity contribution in [1.82, 2.24) is 4.90 Å². The fourth-order valence-electron chi connectivity index (χ4n) is 4.01. The van der Waals surface area contributed by atoms with Gasteiger partial charge in [0.1, 0.15) is 11.7 Å². The molecule has 0 saturated carbocycles. The van der Waals surface area contributed by atoms with Gasteiger partial charge in [-0.3, -0.25) is 10.3 Å². The third-order valence-electron chi connectivity index (χ3n) is 5.38. The van der Waals surface area contributed by atoms with Crippen LogP contribution in [0.15, 0.2) is 29.6 Å². The highest BCUT2D eigenvalue weighted by atomic mass is 32.1. The van der Waals surface area contributed by atoms with Crippen LogP contribution in [0.2, 0.25) is 0 Å². The van der Waals surface area contributed by atoms with Gasteiger partial charge < -0.3 is 15.0 Å². The number of hydrogen-bond acceptors (Lipinski definition) is 5. The summed E-state index contributed by atoms with van der Waals surface area (Å²) < 4.78 is 20.4. The lowest BCUT2D eigenvalue weighted by molar-refractivity contribution is 0.0376. The van der Waals surface area contributed by atoms with Crippen molar-refractivity contribution in [3.05, 3.63) is 45.9 Å². The molecule has 4 rings (SSSR count). The lowest BCUT2D eigenvalue weighted by Gasteiger charge is -2.33. The molecule has 28 heavy (non-hydrogen) atoms. The first-order chi connectivity index (χ1) is 13.7. The van der Waals surface area contributed by atoms with E-state index in [2.05, 4.69) is 15.1 Å². The molecule has 150 valence electrons. The summed E-state index contributed by atoms with van der Waals surface area (Å²) in [5.41, 5.74) is 2.45. The number of aryl methyl sites for hydroxylation is 1. The molecule has 2 aromatic rings. The number of nitrogens with one attached hydrogen (secondary N) is 2. The molecular formula is C21H27FN4OS. The normalized spacial score (nSPS) is 17.4. The Morgan fingerprint density at radius 3 is 2.86 bits per heavy atom. The van der Waals surface area contributed by atoms with E-state index >= 15 is 0 Å². The van der Waals surface area contributed by atoms with Crippen LogP contribution < -0.4 is 10.2 Å². The number of hydrogen-bond donors (Lipinski definition) is 2. The van der Waals surface area contributed by atoms with E-state index in [1.807, 2.05) is 23.6 Å². The molecule has 7 heteroatoms. The molecule has 1 aromatic carbocycles. The molecule has 0 amide bonds. The van der Waals surface area contributed by atoms with Gasteiger partial charge in [0.15, 0.2) is 0 Å². The molecule has 0 spiro atoms. The van der Waals surface area contributed by atoms with Crippen molar-refractivity contribution in [2.45, 2.75) is 19.3 Å². The zero-order chi connectivity index (χ0) is 19.3. The maximum Gasteiger partial charge on any atom is 0.148 e. The molecule has 1 aromatic heterocycles. The van der Waals surface area contributed by atoms with Crippen LogP contribution in [0.4, 0.5) is 15.8 Å². The van der Waals surface area contributed by atoms with Crippen molar-refractivity contribution in [1.29, 1.82) is 5.41 Å². The second kappa shape index (κ2) is 9.03. The molecule has 0 bridgehead atoms. The van der Waals surface area contributed by atoms with E-state index in [9.17, 15) is 4.39 Å². The van der Waals surface area contributed by atoms with E-state index in [0.29, 0.717) is 11.5 Å². The number of thiophene rings is 1. The first-order valence-electron chi connectivity index (χ1n) is 9.97. The van der Waals surface area contributed by atoms with E-state index in [-0.39, 0.29) is 5.82 Å². The maximum atomic E-state index is 15.0. The maximum absolute atomic E-state index is 15.0. The van der Waals surface area contributed by atoms with Gasteiger partial charge in [0.05, 0.1) is 23.8 Å². The molecule has 0 unspecified atom stereocenters. The number of halogens is 1. The molecule has 2 N–H and O–H groups in total. The third-order valence-corrected chi connectivity index (χ3v) is 6.26. The second-order valence-electron chi connectivity index (χ2n) is 7.34. The van der Waals surface area contributed by atoms with Crippen LogP contribution in [-0.2, 0) is 11.2 Å². The van der Waals surface area contributed by atoms with Crippen molar-refractivity contribution in [2.75, 3.05) is 56.2 Å². The van der Waals surface area contributed by atoms with Crippen LogP contribution in [-0.4, -0.2) is 56.7 Å². The second-order valence-corrected chi connectivity index (χ2v) is 8.29. The molecule has 0 radical (unpaired) electrons. The summed E-state index contributed by atoms with van der Waals surface area (Å²) in [6.07, 6.45) is 2.95. The molecule has 1 fully saturated rings. The molecule has 2 aliphatic heterocycles. The number of ether oxygens (including phenoxy) is 1. The van der Waals surface area contributed by atoms with E-state index in [4.69, 9.17) is 10.1 Å². The van der Waals surface area contributed by atoms with Crippen molar-refractivity contribution < 1.29 is 9.13 Å². The monoisotopic (exact) mass is 402 g/mol. The van der Waals surface area contributed by atoms with E-state index in [0.717, 1.165) is 81.3 Å². The van der Waals surface area contributed by atoms with Crippen molar-refractivity contribution >= 4 is 28.5 Å². The summed E-state index contributed by atoms with van der Waals surface area (Å²) in [6.45, 7) is 6.44. The predicted octanol–water partition coefficient (Wildman–Crippen LogP) is 3.80. The number of morpholine rings is 1. The van der Waals surface area contributed by atoms with Gasteiger partial charge in [0.25, 0.3) is 0 Å². The third kappa shape index (κ3) is 4.54. The Hall–Kier alpha value is -1.96. The minimum Gasteiger partial charge on any atom is -0.379 e. The summed E-state index contributed by atoms with van der Waals surface area (Å²) in [5.74, 6) is 0.123. The van der Waals surface area contributed by atoms with Crippen LogP contribution in [0.3, 0.4) is 0 Å².